The van der Waals surface area contributed by atoms with Gasteiger partial charge in [-0.3, -0.25) is 0 Å². The molecule has 0 spiro atoms. The van der Waals surface area contributed by atoms with Gasteiger partial charge in [-0.05, 0) is 31.0 Å². The standard InChI is InChI=1S/C14H16N2O2/c1-9-10(5-4-8-15)13-11(17-2)6-7-12(18-3)14(13)16-9/h6-7,16H,4-5H2,1-3H3. The number of H-pyrrole nitrogens is 1. The summed E-state index contributed by atoms with van der Waals surface area (Å²) in [5.74, 6) is 1.60. The average molecular weight is 244 g/mol. The quantitative estimate of drug-likeness (QED) is 0.899. The van der Waals surface area contributed by atoms with E-state index in [1.54, 1.807) is 14.2 Å². The van der Waals surface area contributed by atoms with Gasteiger partial charge in [0, 0.05) is 17.5 Å². The SMILES string of the molecule is COc1ccc(OC)c2c(CCC#N)c(C)[nH]c12. The van der Waals surface area contributed by atoms with E-state index in [9.17, 15) is 0 Å². The first kappa shape index (κ1) is 12.3. The number of hydrogen-bond acceptors (Lipinski definition) is 3. The molecule has 4 heteroatoms. The number of aromatic nitrogens is 1. The molecule has 0 aliphatic carbocycles. The molecule has 0 atom stereocenters. The smallest absolute Gasteiger partial charge is 0.143 e. The molecule has 2 rings (SSSR count). The van der Waals surface area contributed by atoms with Gasteiger partial charge in [0.15, 0.2) is 0 Å². The van der Waals surface area contributed by atoms with E-state index in [2.05, 4.69) is 11.1 Å². The van der Waals surface area contributed by atoms with Crippen molar-refractivity contribution < 1.29 is 9.47 Å². The van der Waals surface area contributed by atoms with Crippen LogP contribution in [0.1, 0.15) is 17.7 Å². The van der Waals surface area contributed by atoms with E-state index in [-0.39, 0.29) is 0 Å². The highest BCUT2D eigenvalue weighted by Crippen LogP contribution is 2.37. The van der Waals surface area contributed by atoms with Crippen molar-refractivity contribution in [2.24, 2.45) is 0 Å². The summed E-state index contributed by atoms with van der Waals surface area (Å²) in [6, 6.07) is 5.95. The molecule has 18 heavy (non-hydrogen) atoms. The van der Waals surface area contributed by atoms with Gasteiger partial charge >= 0.3 is 0 Å². The summed E-state index contributed by atoms with van der Waals surface area (Å²) in [6.07, 6.45) is 1.21. The number of fused-ring (bicyclic) bond motifs is 1. The van der Waals surface area contributed by atoms with Gasteiger partial charge in [-0.1, -0.05) is 0 Å². The second kappa shape index (κ2) is 5.01. The highest BCUT2D eigenvalue weighted by molar-refractivity contribution is 5.94. The first-order valence-corrected chi connectivity index (χ1v) is 5.82. The van der Waals surface area contributed by atoms with Crippen LogP contribution in [0.15, 0.2) is 12.1 Å². The molecule has 0 aliphatic rings. The fourth-order valence-electron chi connectivity index (χ4n) is 2.27. The molecule has 1 N–H and O–H groups in total. The molecule has 2 aromatic rings. The Morgan fingerprint density at radius 1 is 1.22 bits per heavy atom. The summed E-state index contributed by atoms with van der Waals surface area (Å²) in [6.45, 7) is 2.01. The van der Waals surface area contributed by atoms with Gasteiger partial charge in [0.2, 0.25) is 0 Å². The van der Waals surface area contributed by atoms with E-state index in [4.69, 9.17) is 14.7 Å². The minimum absolute atomic E-state index is 0.494. The van der Waals surface area contributed by atoms with Crippen LogP contribution in [0, 0.1) is 18.3 Å². The second-order valence-corrected chi connectivity index (χ2v) is 4.11. The Morgan fingerprint density at radius 2 is 1.89 bits per heavy atom. The third kappa shape index (κ3) is 1.88. The van der Waals surface area contributed by atoms with Crippen LogP contribution < -0.4 is 9.47 Å². The Hall–Kier alpha value is -2.15. The van der Waals surface area contributed by atoms with Crippen molar-refractivity contribution in [3.63, 3.8) is 0 Å². The molecule has 0 saturated carbocycles. The van der Waals surface area contributed by atoms with Crippen LogP contribution in [-0.4, -0.2) is 19.2 Å². The lowest BCUT2D eigenvalue weighted by Gasteiger charge is -2.07. The maximum atomic E-state index is 8.74. The first-order valence-electron chi connectivity index (χ1n) is 5.82. The summed E-state index contributed by atoms with van der Waals surface area (Å²) < 4.78 is 10.8. The molecule has 0 bridgehead atoms. The van der Waals surface area contributed by atoms with Crippen molar-refractivity contribution in [1.29, 1.82) is 5.26 Å². The molecule has 1 aromatic heterocycles. The molecule has 1 heterocycles. The zero-order valence-electron chi connectivity index (χ0n) is 10.8. The van der Waals surface area contributed by atoms with E-state index in [0.29, 0.717) is 12.8 Å². The largest absolute Gasteiger partial charge is 0.496 e. The monoisotopic (exact) mass is 244 g/mol. The summed E-state index contributed by atoms with van der Waals surface area (Å²) in [5, 5.41) is 9.76. The predicted octanol–water partition coefficient (Wildman–Crippen LogP) is 2.95. The third-order valence-electron chi connectivity index (χ3n) is 3.12. The molecule has 0 radical (unpaired) electrons. The van der Waals surface area contributed by atoms with Gasteiger partial charge < -0.3 is 14.5 Å². The van der Waals surface area contributed by atoms with E-state index >= 15 is 0 Å². The predicted molar refractivity (Wildman–Crippen MR) is 70.1 cm³/mol. The van der Waals surface area contributed by atoms with Gasteiger partial charge in [-0.25, -0.2) is 0 Å². The van der Waals surface area contributed by atoms with Gasteiger partial charge in [0.05, 0.1) is 25.8 Å². The summed E-state index contributed by atoms with van der Waals surface area (Å²) in [7, 11) is 3.30. The summed E-state index contributed by atoms with van der Waals surface area (Å²) in [5.41, 5.74) is 3.12. The highest BCUT2D eigenvalue weighted by atomic mass is 16.5. The lowest BCUT2D eigenvalue weighted by atomic mass is 10.1. The number of nitrogens with one attached hydrogen (secondary N) is 1. The number of aromatic amines is 1. The number of hydrogen-bond donors (Lipinski definition) is 1. The molecular weight excluding hydrogens is 228 g/mol. The molecular formula is C14H16N2O2. The van der Waals surface area contributed by atoms with Crippen LogP contribution in [0.5, 0.6) is 11.5 Å². The van der Waals surface area contributed by atoms with Gasteiger partial charge in [-0.15, -0.1) is 0 Å². The number of methoxy groups -OCH3 is 2. The topological polar surface area (TPSA) is 58.0 Å². The van der Waals surface area contributed by atoms with E-state index < -0.39 is 0 Å². The Balaban J connectivity index is 2.70. The normalized spacial score (nSPS) is 10.3. The number of benzene rings is 1. The number of nitrogens with zero attached hydrogens (tertiary/aromatic N) is 1. The van der Waals surface area contributed by atoms with Crippen molar-refractivity contribution in [2.75, 3.05) is 14.2 Å². The summed E-state index contributed by atoms with van der Waals surface area (Å²) >= 11 is 0. The lowest BCUT2D eigenvalue weighted by molar-refractivity contribution is 0.410. The number of rotatable bonds is 4. The van der Waals surface area contributed by atoms with Crippen molar-refractivity contribution in [1.82, 2.24) is 4.98 Å². The van der Waals surface area contributed by atoms with Crippen LogP contribution in [0.2, 0.25) is 0 Å². The first-order chi connectivity index (χ1) is 8.72. The van der Waals surface area contributed by atoms with Gasteiger partial charge in [-0.2, -0.15) is 5.26 Å². The number of nitriles is 1. The zero-order valence-corrected chi connectivity index (χ0v) is 10.8. The van der Waals surface area contributed by atoms with Gasteiger partial charge in [0.25, 0.3) is 0 Å². The highest BCUT2D eigenvalue weighted by Gasteiger charge is 2.16. The van der Waals surface area contributed by atoms with Gasteiger partial charge in [0.1, 0.15) is 11.5 Å². The molecule has 0 fully saturated rings. The third-order valence-corrected chi connectivity index (χ3v) is 3.12. The molecule has 4 nitrogen and oxygen atoms in total. The van der Waals surface area contributed by atoms with Crippen LogP contribution in [0.25, 0.3) is 10.9 Å². The van der Waals surface area contributed by atoms with Crippen LogP contribution in [0.4, 0.5) is 0 Å². The van der Waals surface area contributed by atoms with Crippen LogP contribution >= 0.6 is 0 Å². The maximum Gasteiger partial charge on any atom is 0.143 e. The molecule has 0 amide bonds. The fraction of sp³-hybridized carbons (Fsp3) is 0.357. The zero-order chi connectivity index (χ0) is 13.1. The van der Waals surface area contributed by atoms with E-state index in [1.165, 1.54) is 0 Å². The minimum Gasteiger partial charge on any atom is -0.496 e. The fourth-order valence-corrected chi connectivity index (χ4v) is 2.27. The maximum absolute atomic E-state index is 8.74. The van der Waals surface area contributed by atoms with Crippen molar-refractivity contribution in [3.05, 3.63) is 23.4 Å². The Kier molecular flexibility index (Phi) is 3.42. The van der Waals surface area contributed by atoms with Crippen LogP contribution in [-0.2, 0) is 6.42 Å². The van der Waals surface area contributed by atoms with Crippen molar-refractivity contribution >= 4 is 10.9 Å². The molecule has 0 saturated heterocycles. The Morgan fingerprint density at radius 3 is 2.50 bits per heavy atom. The molecule has 1 aromatic carbocycles. The van der Waals surface area contributed by atoms with E-state index in [1.807, 2.05) is 19.1 Å². The molecule has 0 aliphatic heterocycles. The molecule has 0 unspecified atom stereocenters. The molecule has 94 valence electrons. The Labute approximate surface area is 106 Å². The van der Waals surface area contributed by atoms with Crippen molar-refractivity contribution in [3.8, 4) is 17.6 Å². The average Bonchev–Trinajstić information content (AvgIpc) is 2.72. The van der Waals surface area contributed by atoms with E-state index in [0.717, 1.165) is 33.7 Å². The minimum atomic E-state index is 0.494. The Bertz CT molecular complexity index is 608. The van der Waals surface area contributed by atoms with Crippen molar-refractivity contribution in [2.45, 2.75) is 19.8 Å². The number of aryl methyl sites for hydroxylation is 2. The second-order valence-electron chi connectivity index (χ2n) is 4.11. The number of ether oxygens (including phenoxy) is 2. The summed E-state index contributed by atoms with van der Waals surface area (Å²) in [4.78, 5) is 3.32. The van der Waals surface area contributed by atoms with Crippen LogP contribution in [0.3, 0.4) is 0 Å². The lowest BCUT2D eigenvalue weighted by Crippen LogP contribution is -1.90.